The van der Waals surface area contributed by atoms with Gasteiger partial charge in [-0.15, -0.1) is 11.3 Å². The number of benzene rings is 1. The Labute approximate surface area is 138 Å². The lowest BCUT2D eigenvalue weighted by Crippen LogP contribution is -2.32. The maximum Gasteiger partial charge on any atom is 0.319 e. The number of aliphatic hydroxyl groups is 1. The van der Waals surface area contributed by atoms with E-state index in [2.05, 4.69) is 10.6 Å². The number of ether oxygens (including phenoxy) is 1. The zero-order chi connectivity index (χ0) is 16.7. The Balaban J connectivity index is 2.06. The summed E-state index contributed by atoms with van der Waals surface area (Å²) >= 11 is 1.50. The fourth-order valence-corrected chi connectivity index (χ4v) is 2.91. The van der Waals surface area contributed by atoms with E-state index in [-0.39, 0.29) is 18.4 Å². The summed E-state index contributed by atoms with van der Waals surface area (Å²) in [7, 11) is 0. The van der Waals surface area contributed by atoms with Crippen molar-refractivity contribution in [3.63, 3.8) is 0 Å². The van der Waals surface area contributed by atoms with E-state index in [1.807, 2.05) is 17.5 Å². The highest BCUT2D eigenvalue weighted by Crippen LogP contribution is 2.26. The Morgan fingerprint density at radius 2 is 2.26 bits per heavy atom. The van der Waals surface area contributed by atoms with Crippen molar-refractivity contribution in [2.45, 2.75) is 19.4 Å². The molecule has 1 aromatic heterocycles. The predicted octanol–water partition coefficient (Wildman–Crippen LogP) is 3.53. The quantitative estimate of drug-likeness (QED) is 0.723. The summed E-state index contributed by atoms with van der Waals surface area (Å²) in [5.74, 6) is -0.159. The van der Waals surface area contributed by atoms with Gasteiger partial charge in [0.15, 0.2) is 0 Å². The molecule has 3 N–H and O–H groups in total. The van der Waals surface area contributed by atoms with Gasteiger partial charge >= 0.3 is 6.03 Å². The van der Waals surface area contributed by atoms with E-state index in [1.54, 1.807) is 6.92 Å². The maximum atomic E-state index is 13.3. The van der Waals surface area contributed by atoms with Crippen molar-refractivity contribution in [1.82, 2.24) is 5.32 Å². The van der Waals surface area contributed by atoms with Crippen LogP contribution in [-0.4, -0.2) is 24.4 Å². The molecule has 1 aromatic carbocycles. The van der Waals surface area contributed by atoms with Crippen molar-refractivity contribution in [3.8, 4) is 5.75 Å². The second-order valence-electron chi connectivity index (χ2n) is 4.75. The fraction of sp³-hybridized carbons (Fsp3) is 0.312. The summed E-state index contributed by atoms with van der Waals surface area (Å²) in [5.41, 5.74) is 0.389. The number of carbonyl (C=O) groups is 1. The van der Waals surface area contributed by atoms with E-state index < -0.39 is 11.8 Å². The van der Waals surface area contributed by atoms with E-state index in [1.165, 1.54) is 29.5 Å². The minimum Gasteiger partial charge on any atom is -0.492 e. The van der Waals surface area contributed by atoms with E-state index in [9.17, 15) is 9.18 Å². The fourth-order valence-electron chi connectivity index (χ4n) is 2.10. The number of thiophene rings is 1. The lowest BCUT2D eigenvalue weighted by molar-refractivity contribution is 0.239. The first-order valence-electron chi connectivity index (χ1n) is 7.28. The normalized spacial score (nSPS) is 11.8. The number of urea groups is 1. The van der Waals surface area contributed by atoms with Gasteiger partial charge in [-0.1, -0.05) is 6.07 Å². The molecule has 2 aromatic rings. The number of anilines is 1. The molecule has 2 rings (SSSR count). The van der Waals surface area contributed by atoms with E-state index in [0.29, 0.717) is 18.7 Å². The minimum absolute atomic E-state index is 0.0381. The lowest BCUT2D eigenvalue weighted by Gasteiger charge is -2.18. The predicted molar refractivity (Wildman–Crippen MR) is 88.5 cm³/mol. The van der Waals surface area contributed by atoms with Crippen LogP contribution in [0.1, 0.15) is 24.3 Å². The average Bonchev–Trinajstić information content (AvgIpc) is 3.04. The summed E-state index contributed by atoms with van der Waals surface area (Å²) in [5, 5.41) is 16.5. The Hall–Kier alpha value is -2.12. The topological polar surface area (TPSA) is 70.6 Å². The Morgan fingerprint density at radius 1 is 1.43 bits per heavy atom. The van der Waals surface area contributed by atoms with Crippen LogP contribution in [0.5, 0.6) is 5.75 Å². The second kappa shape index (κ2) is 8.50. The van der Waals surface area contributed by atoms with Crippen LogP contribution in [0, 0.1) is 5.82 Å². The molecule has 0 spiro atoms. The summed E-state index contributed by atoms with van der Waals surface area (Å²) in [4.78, 5) is 13.1. The molecule has 23 heavy (non-hydrogen) atoms. The Bertz CT molecular complexity index is 634. The molecule has 0 fully saturated rings. The van der Waals surface area contributed by atoms with Gasteiger partial charge in [0, 0.05) is 17.6 Å². The Kier molecular flexibility index (Phi) is 6.37. The van der Waals surface area contributed by atoms with Gasteiger partial charge in [-0.05, 0) is 36.9 Å². The molecule has 0 aliphatic carbocycles. The molecule has 0 radical (unpaired) electrons. The molecule has 0 bridgehead atoms. The number of carbonyl (C=O) groups excluding carboxylic acids is 1. The number of amides is 2. The highest BCUT2D eigenvalue weighted by molar-refractivity contribution is 7.10. The van der Waals surface area contributed by atoms with E-state index >= 15 is 0 Å². The minimum atomic E-state index is -0.440. The Morgan fingerprint density at radius 3 is 2.91 bits per heavy atom. The van der Waals surface area contributed by atoms with Gasteiger partial charge in [-0.2, -0.15) is 0 Å². The molecule has 1 heterocycles. The van der Waals surface area contributed by atoms with Crippen LogP contribution >= 0.6 is 11.3 Å². The van der Waals surface area contributed by atoms with Crippen LogP contribution in [0.15, 0.2) is 35.7 Å². The van der Waals surface area contributed by atoms with Crippen molar-refractivity contribution in [2.75, 3.05) is 18.5 Å². The largest absolute Gasteiger partial charge is 0.492 e. The smallest absolute Gasteiger partial charge is 0.319 e. The van der Waals surface area contributed by atoms with Crippen LogP contribution in [0.3, 0.4) is 0 Å². The monoisotopic (exact) mass is 338 g/mol. The van der Waals surface area contributed by atoms with Gasteiger partial charge < -0.3 is 20.5 Å². The molecule has 0 aliphatic rings. The first kappa shape index (κ1) is 17.2. The molecule has 5 nitrogen and oxygen atoms in total. The number of hydrogen-bond donors (Lipinski definition) is 3. The molecule has 1 atom stereocenters. The third-order valence-corrected chi connectivity index (χ3v) is 4.09. The lowest BCUT2D eigenvalue weighted by atomic mass is 10.2. The summed E-state index contributed by atoms with van der Waals surface area (Å²) in [6.45, 7) is 2.11. The first-order chi connectivity index (χ1) is 11.1. The molecule has 124 valence electrons. The number of nitrogens with one attached hydrogen (secondary N) is 2. The van der Waals surface area contributed by atoms with Crippen LogP contribution in [0.25, 0.3) is 0 Å². The molecular weight excluding hydrogens is 319 g/mol. The average molecular weight is 338 g/mol. The molecule has 2 amide bonds. The number of halogens is 1. The standard InChI is InChI=1S/C16H19FN2O3S/c1-2-22-14-10-11(17)5-6-12(14)18-16(21)19-13(7-8-20)15-4-3-9-23-15/h3-6,9-10,13,20H,2,7-8H2,1H3,(H2,18,19,21). The third kappa shape index (κ3) is 4.94. The molecule has 0 saturated heterocycles. The molecular formula is C16H19FN2O3S. The van der Waals surface area contributed by atoms with E-state index in [0.717, 1.165) is 4.88 Å². The van der Waals surface area contributed by atoms with Crippen LogP contribution < -0.4 is 15.4 Å². The SMILES string of the molecule is CCOc1cc(F)ccc1NC(=O)NC(CCO)c1cccs1. The van der Waals surface area contributed by atoms with Crippen molar-refractivity contribution in [2.24, 2.45) is 0 Å². The summed E-state index contributed by atoms with van der Waals surface area (Å²) in [6.07, 6.45) is 0.412. The highest BCUT2D eigenvalue weighted by Gasteiger charge is 2.16. The number of rotatable bonds is 7. The molecule has 1 unspecified atom stereocenters. The van der Waals surface area contributed by atoms with Crippen LogP contribution in [0.2, 0.25) is 0 Å². The van der Waals surface area contributed by atoms with Gasteiger partial charge in [0.25, 0.3) is 0 Å². The first-order valence-corrected chi connectivity index (χ1v) is 8.16. The van der Waals surface area contributed by atoms with E-state index in [4.69, 9.17) is 9.84 Å². The van der Waals surface area contributed by atoms with Crippen LogP contribution in [-0.2, 0) is 0 Å². The number of aliphatic hydroxyl groups excluding tert-OH is 1. The molecule has 7 heteroatoms. The molecule has 0 saturated carbocycles. The summed E-state index contributed by atoms with van der Waals surface area (Å²) < 4.78 is 18.6. The van der Waals surface area contributed by atoms with Crippen molar-refractivity contribution < 1.29 is 19.0 Å². The van der Waals surface area contributed by atoms with Gasteiger partial charge in [-0.25, -0.2) is 9.18 Å². The van der Waals surface area contributed by atoms with Crippen molar-refractivity contribution >= 4 is 23.1 Å². The second-order valence-corrected chi connectivity index (χ2v) is 5.73. The summed E-state index contributed by atoms with van der Waals surface area (Å²) in [6, 6.07) is 6.99. The highest BCUT2D eigenvalue weighted by atomic mass is 32.1. The van der Waals surface area contributed by atoms with Crippen molar-refractivity contribution in [1.29, 1.82) is 0 Å². The number of hydrogen-bond acceptors (Lipinski definition) is 4. The van der Waals surface area contributed by atoms with Gasteiger partial charge in [0.1, 0.15) is 11.6 Å². The molecule has 0 aliphatic heterocycles. The zero-order valence-corrected chi connectivity index (χ0v) is 13.5. The van der Waals surface area contributed by atoms with Crippen LogP contribution in [0.4, 0.5) is 14.9 Å². The maximum absolute atomic E-state index is 13.3. The zero-order valence-electron chi connectivity index (χ0n) is 12.7. The van der Waals surface area contributed by atoms with Crippen molar-refractivity contribution in [3.05, 3.63) is 46.4 Å². The van der Waals surface area contributed by atoms with Gasteiger partial charge in [0.05, 0.1) is 18.3 Å². The van der Waals surface area contributed by atoms with Gasteiger partial charge in [-0.3, -0.25) is 0 Å². The van der Waals surface area contributed by atoms with Gasteiger partial charge in [0.2, 0.25) is 0 Å². The third-order valence-electron chi connectivity index (χ3n) is 3.10.